The summed E-state index contributed by atoms with van der Waals surface area (Å²) in [5.74, 6) is -1.74. The molecule has 0 bridgehead atoms. The van der Waals surface area contributed by atoms with Crippen molar-refractivity contribution in [3.05, 3.63) is 59.4 Å². The molecular weight excluding hydrogens is 243 g/mol. The van der Waals surface area contributed by atoms with Crippen molar-refractivity contribution in [1.82, 2.24) is 0 Å². The molecule has 0 amide bonds. The lowest BCUT2D eigenvalue weighted by molar-refractivity contribution is 0.305. The van der Waals surface area contributed by atoms with Gasteiger partial charge in [0, 0.05) is 12.1 Å². The Hall–Kier alpha value is -2.17. The molecule has 0 heterocycles. The molecule has 0 saturated carbocycles. The van der Waals surface area contributed by atoms with E-state index in [2.05, 4.69) is 0 Å². The Bertz CT molecular complexity index is 552. The van der Waals surface area contributed by atoms with Crippen LogP contribution < -0.4 is 10.5 Å². The van der Waals surface area contributed by atoms with Crippen LogP contribution in [0.5, 0.6) is 5.75 Å². The van der Waals surface area contributed by atoms with Crippen LogP contribution in [0.2, 0.25) is 0 Å². The molecule has 2 nitrogen and oxygen atoms in total. The fourth-order valence-electron chi connectivity index (χ4n) is 1.49. The van der Waals surface area contributed by atoms with Gasteiger partial charge < -0.3 is 10.5 Å². The molecule has 0 radical (unpaired) electrons. The molecule has 5 heteroatoms. The van der Waals surface area contributed by atoms with Crippen molar-refractivity contribution < 1.29 is 17.9 Å². The van der Waals surface area contributed by atoms with Gasteiger partial charge >= 0.3 is 0 Å². The van der Waals surface area contributed by atoms with Crippen molar-refractivity contribution >= 4 is 5.69 Å². The van der Waals surface area contributed by atoms with Gasteiger partial charge in [-0.2, -0.15) is 0 Å². The van der Waals surface area contributed by atoms with Crippen LogP contribution in [-0.4, -0.2) is 0 Å². The van der Waals surface area contributed by atoms with Gasteiger partial charge in [-0.1, -0.05) is 0 Å². The smallest absolute Gasteiger partial charge is 0.145 e. The van der Waals surface area contributed by atoms with Gasteiger partial charge in [-0.05, 0) is 29.8 Å². The average molecular weight is 253 g/mol. The average Bonchev–Trinajstić information content (AvgIpc) is 2.29. The topological polar surface area (TPSA) is 35.2 Å². The molecule has 0 aliphatic rings. The summed E-state index contributed by atoms with van der Waals surface area (Å²) in [5, 5.41) is 0. The second kappa shape index (κ2) is 5.00. The minimum atomic E-state index is -0.694. The van der Waals surface area contributed by atoms with Crippen molar-refractivity contribution in [3.63, 3.8) is 0 Å². The molecule has 2 rings (SSSR count). The van der Waals surface area contributed by atoms with E-state index in [1.807, 2.05) is 0 Å². The van der Waals surface area contributed by atoms with Gasteiger partial charge in [0.1, 0.15) is 29.8 Å². The highest BCUT2D eigenvalue weighted by molar-refractivity contribution is 5.52. The maximum Gasteiger partial charge on any atom is 0.145 e. The second-order valence-electron chi connectivity index (χ2n) is 3.75. The maximum atomic E-state index is 12.9. The Labute approximate surface area is 102 Å². The highest BCUT2D eigenvalue weighted by atomic mass is 19.1. The maximum absolute atomic E-state index is 12.9. The number of ether oxygens (including phenoxy) is 1. The molecule has 0 saturated heterocycles. The molecule has 0 atom stereocenters. The molecule has 0 spiro atoms. The molecule has 94 valence electrons. The largest absolute Gasteiger partial charge is 0.487 e. The molecule has 0 fully saturated rings. The molecule has 0 aliphatic carbocycles. The normalized spacial score (nSPS) is 10.4. The first-order valence-corrected chi connectivity index (χ1v) is 5.17. The molecule has 0 aliphatic heterocycles. The van der Waals surface area contributed by atoms with Gasteiger partial charge in [-0.25, -0.2) is 13.2 Å². The van der Waals surface area contributed by atoms with E-state index in [0.29, 0.717) is 5.56 Å². The van der Waals surface area contributed by atoms with Gasteiger partial charge in [0.15, 0.2) is 0 Å². The van der Waals surface area contributed by atoms with Crippen LogP contribution in [0.25, 0.3) is 0 Å². The number of nitrogens with two attached hydrogens (primary N) is 1. The second-order valence-corrected chi connectivity index (χ2v) is 3.75. The van der Waals surface area contributed by atoms with Crippen LogP contribution in [0.15, 0.2) is 36.4 Å². The molecule has 2 N–H and O–H groups in total. The van der Waals surface area contributed by atoms with Crippen LogP contribution in [-0.2, 0) is 6.61 Å². The number of benzene rings is 2. The van der Waals surface area contributed by atoms with Gasteiger partial charge in [0.05, 0.1) is 5.69 Å². The first kappa shape index (κ1) is 12.3. The summed E-state index contributed by atoms with van der Waals surface area (Å²) in [6, 6.07) is 6.71. The standard InChI is InChI=1S/C13H10F3NO/c14-9-1-2-12(17)13(6-9)18-7-8-3-10(15)5-11(16)4-8/h1-6H,7,17H2. The highest BCUT2D eigenvalue weighted by Crippen LogP contribution is 2.23. The predicted molar refractivity (Wildman–Crippen MR) is 61.5 cm³/mol. The van der Waals surface area contributed by atoms with Crippen molar-refractivity contribution in [3.8, 4) is 5.75 Å². The summed E-state index contributed by atoms with van der Waals surface area (Å²) in [4.78, 5) is 0. The van der Waals surface area contributed by atoms with E-state index in [1.54, 1.807) is 0 Å². The first-order valence-electron chi connectivity index (χ1n) is 5.17. The minimum absolute atomic E-state index is 0.0949. The van der Waals surface area contributed by atoms with Gasteiger partial charge in [0.2, 0.25) is 0 Å². The number of nitrogen functional groups attached to an aromatic ring is 1. The third-order valence-corrected chi connectivity index (χ3v) is 2.29. The molecule has 2 aromatic rings. The number of rotatable bonds is 3. The van der Waals surface area contributed by atoms with E-state index in [-0.39, 0.29) is 18.0 Å². The van der Waals surface area contributed by atoms with Crippen molar-refractivity contribution in [1.29, 1.82) is 0 Å². The lowest BCUT2D eigenvalue weighted by Crippen LogP contribution is -2.00. The Morgan fingerprint density at radius 3 is 2.22 bits per heavy atom. The van der Waals surface area contributed by atoms with Crippen LogP contribution in [0.3, 0.4) is 0 Å². The summed E-state index contributed by atoms with van der Waals surface area (Å²) < 4.78 is 44.0. The lowest BCUT2D eigenvalue weighted by atomic mass is 10.2. The molecular formula is C13H10F3NO. The summed E-state index contributed by atoms with van der Waals surface area (Å²) in [6.45, 7) is -0.0949. The number of hydrogen-bond acceptors (Lipinski definition) is 2. The van der Waals surface area contributed by atoms with E-state index in [9.17, 15) is 13.2 Å². The summed E-state index contributed by atoms with van der Waals surface area (Å²) in [5.41, 5.74) is 6.13. The molecule has 18 heavy (non-hydrogen) atoms. The summed E-state index contributed by atoms with van der Waals surface area (Å²) in [6.07, 6.45) is 0. The SMILES string of the molecule is Nc1ccc(F)cc1OCc1cc(F)cc(F)c1. The number of halogens is 3. The molecule has 0 aromatic heterocycles. The van der Waals surface area contributed by atoms with Crippen molar-refractivity contribution in [2.24, 2.45) is 0 Å². The van der Waals surface area contributed by atoms with Crippen LogP contribution in [0.1, 0.15) is 5.56 Å². The number of anilines is 1. The Kier molecular flexibility index (Phi) is 3.41. The molecule has 0 unspecified atom stereocenters. The zero-order valence-electron chi connectivity index (χ0n) is 9.29. The van der Waals surface area contributed by atoms with Gasteiger partial charge in [0.25, 0.3) is 0 Å². The third kappa shape index (κ3) is 2.94. The minimum Gasteiger partial charge on any atom is -0.487 e. The van der Waals surface area contributed by atoms with Gasteiger partial charge in [-0.3, -0.25) is 0 Å². The summed E-state index contributed by atoms with van der Waals surface area (Å²) in [7, 11) is 0. The number of hydrogen-bond donors (Lipinski definition) is 1. The Balaban J connectivity index is 2.13. The predicted octanol–water partition coefficient (Wildman–Crippen LogP) is 3.27. The lowest BCUT2D eigenvalue weighted by Gasteiger charge is -2.09. The van der Waals surface area contributed by atoms with E-state index < -0.39 is 17.5 Å². The monoisotopic (exact) mass is 253 g/mol. The summed E-state index contributed by atoms with van der Waals surface area (Å²) >= 11 is 0. The first-order chi connectivity index (χ1) is 8.54. The highest BCUT2D eigenvalue weighted by Gasteiger charge is 2.05. The molecule has 2 aromatic carbocycles. The van der Waals surface area contributed by atoms with Crippen molar-refractivity contribution in [2.75, 3.05) is 5.73 Å². The zero-order valence-corrected chi connectivity index (χ0v) is 9.29. The van der Waals surface area contributed by atoms with E-state index in [4.69, 9.17) is 10.5 Å². The van der Waals surface area contributed by atoms with Crippen LogP contribution in [0, 0.1) is 17.5 Å². The van der Waals surface area contributed by atoms with E-state index in [1.165, 1.54) is 12.1 Å². The van der Waals surface area contributed by atoms with Crippen LogP contribution in [0.4, 0.5) is 18.9 Å². The third-order valence-electron chi connectivity index (χ3n) is 2.29. The Morgan fingerprint density at radius 2 is 1.56 bits per heavy atom. The van der Waals surface area contributed by atoms with Crippen LogP contribution >= 0.6 is 0 Å². The van der Waals surface area contributed by atoms with E-state index in [0.717, 1.165) is 24.3 Å². The fraction of sp³-hybridized carbons (Fsp3) is 0.0769. The zero-order chi connectivity index (χ0) is 13.1. The fourth-order valence-corrected chi connectivity index (χ4v) is 1.49. The van der Waals surface area contributed by atoms with Crippen molar-refractivity contribution in [2.45, 2.75) is 6.61 Å². The van der Waals surface area contributed by atoms with Gasteiger partial charge in [-0.15, -0.1) is 0 Å². The Morgan fingerprint density at radius 1 is 0.889 bits per heavy atom. The van der Waals surface area contributed by atoms with E-state index >= 15 is 0 Å². The quantitative estimate of drug-likeness (QED) is 0.852.